The minimum atomic E-state index is -0.0758. The van der Waals surface area contributed by atoms with E-state index < -0.39 is 0 Å². The molecule has 0 aromatic heterocycles. The van der Waals surface area contributed by atoms with Gasteiger partial charge in [0.1, 0.15) is 0 Å². The summed E-state index contributed by atoms with van der Waals surface area (Å²) in [5.41, 5.74) is 0. The van der Waals surface area contributed by atoms with E-state index in [9.17, 15) is 5.11 Å². The Morgan fingerprint density at radius 2 is 1.79 bits per heavy atom. The minimum absolute atomic E-state index is 0.0758. The van der Waals surface area contributed by atoms with Crippen molar-refractivity contribution in [2.45, 2.75) is 70.1 Å². The van der Waals surface area contributed by atoms with Gasteiger partial charge in [-0.05, 0) is 38.0 Å². The lowest BCUT2D eigenvalue weighted by atomic mass is 9.99. The average molecular weight is 197 g/mol. The van der Waals surface area contributed by atoms with E-state index >= 15 is 0 Å². The third-order valence-electron chi connectivity index (χ3n) is 4.09. The summed E-state index contributed by atoms with van der Waals surface area (Å²) in [6.07, 6.45) is 8.67. The van der Waals surface area contributed by atoms with Crippen molar-refractivity contribution in [3.63, 3.8) is 0 Å². The molecule has 0 saturated heterocycles. The number of nitrogens with one attached hydrogen (secondary N) is 1. The summed E-state index contributed by atoms with van der Waals surface area (Å²) in [5.74, 6) is 0.864. The van der Waals surface area contributed by atoms with Crippen molar-refractivity contribution in [3.8, 4) is 0 Å². The molecule has 2 nitrogen and oxygen atoms in total. The quantitative estimate of drug-likeness (QED) is 0.726. The summed E-state index contributed by atoms with van der Waals surface area (Å²) < 4.78 is 0. The van der Waals surface area contributed by atoms with E-state index in [1.165, 1.54) is 38.5 Å². The van der Waals surface area contributed by atoms with Crippen LogP contribution in [0.25, 0.3) is 0 Å². The van der Waals surface area contributed by atoms with Crippen LogP contribution in [0.15, 0.2) is 0 Å². The van der Waals surface area contributed by atoms with E-state index in [0.717, 1.165) is 12.3 Å². The van der Waals surface area contributed by atoms with Crippen molar-refractivity contribution >= 4 is 0 Å². The minimum Gasteiger partial charge on any atom is -0.392 e. The molecule has 0 amide bonds. The Morgan fingerprint density at radius 1 is 1.07 bits per heavy atom. The molecule has 0 bridgehead atoms. The van der Waals surface area contributed by atoms with Gasteiger partial charge in [0.25, 0.3) is 0 Å². The van der Waals surface area contributed by atoms with Crippen LogP contribution in [0, 0.1) is 5.92 Å². The molecule has 2 rings (SSSR count). The Hall–Kier alpha value is -0.0800. The second kappa shape index (κ2) is 4.63. The molecule has 4 atom stereocenters. The summed E-state index contributed by atoms with van der Waals surface area (Å²) in [6.45, 7) is 2.29. The molecule has 0 heterocycles. The van der Waals surface area contributed by atoms with Crippen molar-refractivity contribution in [2.75, 3.05) is 0 Å². The summed E-state index contributed by atoms with van der Waals surface area (Å²) >= 11 is 0. The van der Waals surface area contributed by atoms with Crippen LogP contribution in [0.4, 0.5) is 0 Å². The first-order valence-electron chi connectivity index (χ1n) is 6.25. The normalized spacial score (nSPS) is 43.3. The molecular weight excluding hydrogens is 174 g/mol. The van der Waals surface area contributed by atoms with Crippen molar-refractivity contribution in [2.24, 2.45) is 5.92 Å². The predicted octanol–water partition coefficient (Wildman–Crippen LogP) is 2.07. The number of hydrogen-bond donors (Lipinski definition) is 2. The molecule has 2 unspecified atom stereocenters. The molecule has 0 aromatic rings. The Bertz CT molecular complexity index is 183. The molecule has 0 spiro atoms. The largest absolute Gasteiger partial charge is 0.392 e. The summed E-state index contributed by atoms with van der Waals surface area (Å²) in [6, 6.07) is 1.09. The first-order chi connectivity index (χ1) is 6.81. The maximum atomic E-state index is 9.75. The fourth-order valence-electron chi connectivity index (χ4n) is 3.15. The highest BCUT2D eigenvalue weighted by molar-refractivity contribution is 4.90. The van der Waals surface area contributed by atoms with Crippen molar-refractivity contribution in [1.29, 1.82) is 0 Å². The average Bonchev–Trinajstić information content (AvgIpc) is 2.77. The number of rotatable bonds is 3. The smallest absolute Gasteiger partial charge is 0.0693 e. The molecule has 2 heteroatoms. The second-order valence-corrected chi connectivity index (χ2v) is 4.98. The van der Waals surface area contributed by atoms with Crippen LogP contribution >= 0.6 is 0 Å². The molecule has 0 aliphatic heterocycles. The molecule has 82 valence electrons. The van der Waals surface area contributed by atoms with Gasteiger partial charge < -0.3 is 10.4 Å². The van der Waals surface area contributed by atoms with E-state index in [0.29, 0.717) is 12.1 Å². The zero-order valence-corrected chi connectivity index (χ0v) is 9.21. The predicted molar refractivity (Wildman–Crippen MR) is 58.2 cm³/mol. The second-order valence-electron chi connectivity index (χ2n) is 4.98. The van der Waals surface area contributed by atoms with E-state index in [2.05, 4.69) is 12.2 Å². The lowest BCUT2D eigenvalue weighted by molar-refractivity contribution is 0.138. The van der Waals surface area contributed by atoms with Gasteiger partial charge in [-0.1, -0.05) is 19.8 Å². The van der Waals surface area contributed by atoms with Gasteiger partial charge in [-0.2, -0.15) is 0 Å². The van der Waals surface area contributed by atoms with Crippen molar-refractivity contribution < 1.29 is 5.11 Å². The third kappa shape index (κ3) is 2.12. The summed E-state index contributed by atoms with van der Waals surface area (Å²) in [5, 5.41) is 13.4. The van der Waals surface area contributed by atoms with Gasteiger partial charge in [0.15, 0.2) is 0 Å². The molecule has 2 aliphatic rings. The number of hydrogen-bond acceptors (Lipinski definition) is 2. The molecular formula is C12H23NO. The Balaban J connectivity index is 1.83. The van der Waals surface area contributed by atoms with Crippen LogP contribution in [0.1, 0.15) is 51.9 Å². The SMILES string of the molecule is CCC1CCCC1N[C@@H]1CCC[C@H]1O. The standard InChI is InChI=1S/C12H23NO/c1-2-9-5-3-6-10(9)13-11-7-4-8-12(11)14/h9-14H,2-8H2,1H3/t9?,10?,11-,12-/m1/s1. The van der Waals surface area contributed by atoms with Crippen LogP contribution < -0.4 is 5.32 Å². The molecule has 2 aliphatic carbocycles. The molecule has 14 heavy (non-hydrogen) atoms. The van der Waals surface area contributed by atoms with Gasteiger partial charge in [0, 0.05) is 12.1 Å². The Kier molecular flexibility index (Phi) is 3.45. The van der Waals surface area contributed by atoms with E-state index in [4.69, 9.17) is 0 Å². The maximum absolute atomic E-state index is 9.75. The lowest BCUT2D eigenvalue weighted by Gasteiger charge is -2.25. The van der Waals surface area contributed by atoms with Gasteiger partial charge in [0.05, 0.1) is 6.10 Å². The van der Waals surface area contributed by atoms with Crippen molar-refractivity contribution in [1.82, 2.24) is 5.32 Å². The molecule has 0 aromatic carbocycles. The maximum Gasteiger partial charge on any atom is 0.0693 e. The lowest BCUT2D eigenvalue weighted by Crippen LogP contribution is -2.44. The van der Waals surface area contributed by atoms with E-state index in [1.54, 1.807) is 0 Å². The highest BCUT2D eigenvalue weighted by atomic mass is 16.3. The van der Waals surface area contributed by atoms with Crippen LogP contribution in [0.5, 0.6) is 0 Å². The molecule has 2 N–H and O–H groups in total. The molecule has 2 fully saturated rings. The first-order valence-corrected chi connectivity index (χ1v) is 6.25. The molecule has 2 saturated carbocycles. The summed E-state index contributed by atoms with van der Waals surface area (Å²) in [7, 11) is 0. The third-order valence-corrected chi connectivity index (χ3v) is 4.09. The molecule has 0 radical (unpaired) electrons. The number of aliphatic hydroxyl groups is 1. The van der Waals surface area contributed by atoms with Gasteiger partial charge in [0.2, 0.25) is 0 Å². The zero-order chi connectivity index (χ0) is 9.97. The van der Waals surface area contributed by atoms with E-state index in [-0.39, 0.29) is 6.10 Å². The highest BCUT2D eigenvalue weighted by Gasteiger charge is 2.32. The van der Waals surface area contributed by atoms with Crippen molar-refractivity contribution in [3.05, 3.63) is 0 Å². The van der Waals surface area contributed by atoms with Crippen LogP contribution in [0.2, 0.25) is 0 Å². The number of aliphatic hydroxyl groups excluding tert-OH is 1. The van der Waals surface area contributed by atoms with Gasteiger partial charge in [-0.3, -0.25) is 0 Å². The van der Waals surface area contributed by atoms with Gasteiger partial charge in [-0.25, -0.2) is 0 Å². The topological polar surface area (TPSA) is 32.3 Å². The monoisotopic (exact) mass is 197 g/mol. The Morgan fingerprint density at radius 3 is 2.43 bits per heavy atom. The fourth-order valence-corrected chi connectivity index (χ4v) is 3.15. The highest BCUT2D eigenvalue weighted by Crippen LogP contribution is 2.30. The van der Waals surface area contributed by atoms with Crippen LogP contribution in [-0.4, -0.2) is 23.3 Å². The van der Waals surface area contributed by atoms with Gasteiger partial charge >= 0.3 is 0 Å². The van der Waals surface area contributed by atoms with Crippen LogP contribution in [0.3, 0.4) is 0 Å². The van der Waals surface area contributed by atoms with Crippen LogP contribution in [-0.2, 0) is 0 Å². The Labute approximate surface area is 87.1 Å². The first kappa shape index (κ1) is 10.4. The zero-order valence-electron chi connectivity index (χ0n) is 9.21. The van der Waals surface area contributed by atoms with E-state index in [1.807, 2.05) is 0 Å². The summed E-state index contributed by atoms with van der Waals surface area (Å²) in [4.78, 5) is 0. The van der Waals surface area contributed by atoms with Gasteiger partial charge in [-0.15, -0.1) is 0 Å². The fraction of sp³-hybridized carbons (Fsp3) is 1.00.